The lowest BCUT2D eigenvalue weighted by molar-refractivity contribution is -0.119. The van der Waals surface area contributed by atoms with E-state index in [1.165, 1.54) is 44.9 Å². The van der Waals surface area contributed by atoms with Crippen LogP contribution in [0.3, 0.4) is 0 Å². The molecule has 2 N–H and O–H groups in total. The molecule has 2 aliphatic rings. The first kappa shape index (κ1) is 16.2. The summed E-state index contributed by atoms with van der Waals surface area (Å²) in [4.78, 5) is 12.2. The van der Waals surface area contributed by atoms with Crippen molar-refractivity contribution in [2.24, 2.45) is 5.92 Å². The summed E-state index contributed by atoms with van der Waals surface area (Å²) in [5, 5.41) is 7.35. The molecule has 4 heteroatoms. The number of hydrogen-bond donors (Lipinski definition) is 2. The number of hydrogen-bond acceptors (Lipinski definition) is 3. The molecule has 1 saturated heterocycles. The third kappa shape index (κ3) is 5.28. The van der Waals surface area contributed by atoms with Gasteiger partial charge in [-0.15, -0.1) is 11.8 Å². The molecule has 1 atom stereocenters. The molecule has 1 aliphatic carbocycles. The maximum atomic E-state index is 12.2. The predicted molar refractivity (Wildman–Crippen MR) is 87.1 cm³/mol. The third-order valence-electron chi connectivity index (χ3n) is 4.74. The van der Waals surface area contributed by atoms with Crippen molar-refractivity contribution in [3.05, 3.63) is 0 Å². The van der Waals surface area contributed by atoms with Crippen LogP contribution in [0.25, 0.3) is 0 Å². The monoisotopic (exact) mass is 298 g/mol. The van der Waals surface area contributed by atoms with E-state index in [-0.39, 0.29) is 5.91 Å². The lowest BCUT2D eigenvalue weighted by Gasteiger charge is -2.30. The molecule has 0 aromatic carbocycles. The minimum Gasteiger partial charge on any atom is -0.352 e. The zero-order valence-corrected chi connectivity index (χ0v) is 13.6. The molecule has 1 heterocycles. The number of amides is 1. The molecule has 1 unspecified atom stereocenters. The van der Waals surface area contributed by atoms with Gasteiger partial charge >= 0.3 is 0 Å². The molecule has 2 rings (SSSR count). The molecule has 0 aromatic rings. The molecule has 0 aromatic heterocycles. The van der Waals surface area contributed by atoms with E-state index in [2.05, 4.69) is 17.6 Å². The van der Waals surface area contributed by atoms with Crippen LogP contribution in [0.1, 0.15) is 58.3 Å². The minimum absolute atomic E-state index is 0.256. The Balaban J connectivity index is 1.68. The molecule has 2 fully saturated rings. The van der Waals surface area contributed by atoms with E-state index in [1.807, 2.05) is 11.8 Å². The van der Waals surface area contributed by atoms with Gasteiger partial charge in [-0.05, 0) is 51.1 Å². The van der Waals surface area contributed by atoms with Gasteiger partial charge in [0.1, 0.15) is 0 Å². The lowest BCUT2D eigenvalue weighted by atomic mass is 9.83. The highest BCUT2D eigenvalue weighted by Gasteiger charge is 2.24. The Bertz CT molecular complexity index is 286. The number of carbonyl (C=O) groups is 1. The standard InChI is InChI=1S/C16H30N2OS/c1-2-15(13-6-4-3-5-7-13)18-16(19)12-20-14-8-10-17-11-9-14/h13-15,17H,2-12H2,1H3,(H,18,19). The summed E-state index contributed by atoms with van der Waals surface area (Å²) in [7, 11) is 0. The Morgan fingerprint density at radius 3 is 2.55 bits per heavy atom. The van der Waals surface area contributed by atoms with Crippen LogP contribution in [0.2, 0.25) is 0 Å². The summed E-state index contributed by atoms with van der Waals surface area (Å²) < 4.78 is 0. The smallest absolute Gasteiger partial charge is 0.230 e. The van der Waals surface area contributed by atoms with Crippen LogP contribution >= 0.6 is 11.8 Å². The van der Waals surface area contributed by atoms with Crippen molar-refractivity contribution in [2.45, 2.75) is 69.6 Å². The first-order valence-electron chi connectivity index (χ1n) is 8.41. The zero-order valence-electron chi connectivity index (χ0n) is 12.8. The average Bonchev–Trinajstić information content (AvgIpc) is 2.52. The van der Waals surface area contributed by atoms with Gasteiger partial charge in [-0.3, -0.25) is 4.79 Å². The Morgan fingerprint density at radius 1 is 1.20 bits per heavy atom. The molecule has 3 nitrogen and oxygen atoms in total. The lowest BCUT2D eigenvalue weighted by Crippen LogP contribution is -2.42. The van der Waals surface area contributed by atoms with E-state index in [0.717, 1.165) is 25.4 Å². The summed E-state index contributed by atoms with van der Waals surface area (Å²) in [6.07, 6.45) is 10.2. The van der Waals surface area contributed by atoms with Crippen molar-refractivity contribution >= 4 is 17.7 Å². The summed E-state index contributed by atoms with van der Waals surface area (Å²) in [5.41, 5.74) is 0. The number of carbonyl (C=O) groups excluding carboxylic acids is 1. The molecular weight excluding hydrogens is 268 g/mol. The van der Waals surface area contributed by atoms with Crippen molar-refractivity contribution in [3.63, 3.8) is 0 Å². The van der Waals surface area contributed by atoms with Crippen LogP contribution in [0.5, 0.6) is 0 Å². The summed E-state index contributed by atoms with van der Waals surface area (Å²) in [6.45, 7) is 4.43. The summed E-state index contributed by atoms with van der Waals surface area (Å²) in [6, 6.07) is 0.413. The van der Waals surface area contributed by atoms with Gasteiger partial charge in [0.25, 0.3) is 0 Å². The summed E-state index contributed by atoms with van der Waals surface area (Å²) in [5.74, 6) is 1.63. The zero-order chi connectivity index (χ0) is 14.2. The predicted octanol–water partition coefficient (Wildman–Crippen LogP) is 2.95. The second kappa shape index (κ2) is 8.93. The van der Waals surface area contributed by atoms with E-state index in [4.69, 9.17) is 0 Å². The molecule has 20 heavy (non-hydrogen) atoms. The number of rotatable bonds is 6. The van der Waals surface area contributed by atoms with Gasteiger partial charge in [0.15, 0.2) is 0 Å². The largest absolute Gasteiger partial charge is 0.352 e. The van der Waals surface area contributed by atoms with Crippen LogP contribution in [0.4, 0.5) is 0 Å². The van der Waals surface area contributed by atoms with Crippen LogP contribution in [-0.2, 0) is 4.79 Å². The van der Waals surface area contributed by atoms with E-state index in [1.54, 1.807) is 0 Å². The van der Waals surface area contributed by atoms with E-state index >= 15 is 0 Å². The Kier molecular flexibility index (Phi) is 7.22. The average molecular weight is 298 g/mol. The fourth-order valence-corrected chi connectivity index (χ4v) is 4.53. The van der Waals surface area contributed by atoms with Gasteiger partial charge in [-0.25, -0.2) is 0 Å². The fourth-order valence-electron chi connectivity index (χ4n) is 3.49. The van der Waals surface area contributed by atoms with Crippen LogP contribution in [0, 0.1) is 5.92 Å². The molecule has 0 spiro atoms. The van der Waals surface area contributed by atoms with Crippen LogP contribution in [-0.4, -0.2) is 36.0 Å². The van der Waals surface area contributed by atoms with Crippen molar-refractivity contribution in [1.82, 2.24) is 10.6 Å². The van der Waals surface area contributed by atoms with Crippen molar-refractivity contribution in [3.8, 4) is 0 Å². The number of thioether (sulfide) groups is 1. The maximum absolute atomic E-state index is 12.2. The molecule has 1 amide bonds. The third-order valence-corrected chi connectivity index (χ3v) is 6.11. The van der Waals surface area contributed by atoms with Crippen LogP contribution in [0.15, 0.2) is 0 Å². The molecule has 116 valence electrons. The minimum atomic E-state index is 0.256. The van der Waals surface area contributed by atoms with Gasteiger partial charge in [-0.2, -0.15) is 0 Å². The van der Waals surface area contributed by atoms with E-state index < -0.39 is 0 Å². The topological polar surface area (TPSA) is 41.1 Å². The Morgan fingerprint density at radius 2 is 1.90 bits per heavy atom. The molecule has 1 saturated carbocycles. The first-order valence-corrected chi connectivity index (χ1v) is 9.46. The van der Waals surface area contributed by atoms with E-state index in [9.17, 15) is 4.79 Å². The second-order valence-corrected chi connectivity index (χ2v) is 7.53. The van der Waals surface area contributed by atoms with Crippen molar-refractivity contribution < 1.29 is 4.79 Å². The highest BCUT2D eigenvalue weighted by molar-refractivity contribution is 8.00. The van der Waals surface area contributed by atoms with Gasteiger partial charge in [0.2, 0.25) is 5.91 Å². The van der Waals surface area contributed by atoms with Gasteiger partial charge in [0, 0.05) is 11.3 Å². The Labute approximate surface area is 128 Å². The van der Waals surface area contributed by atoms with Gasteiger partial charge in [0.05, 0.1) is 5.75 Å². The SMILES string of the molecule is CCC(NC(=O)CSC1CCNCC1)C1CCCCC1. The maximum Gasteiger partial charge on any atom is 0.230 e. The molecular formula is C16H30N2OS. The van der Waals surface area contributed by atoms with Gasteiger partial charge < -0.3 is 10.6 Å². The quantitative estimate of drug-likeness (QED) is 0.792. The van der Waals surface area contributed by atoms with Crippen molar-refractivity contribution in [1.29, 1.82) is 0 Å². The number of piperidine rings is 1. The van der Waals surface area contributed by atoms with Crippen LogP contribution < -0.4 is 10.6 Å². The fraction of sp³-hybridized carbons (Fsp3) is 0.938. The second-order valence-electron chi connectivity index (χ2n) is 6.24. The van der Waals surface area contributed by atoms with Gasteiger partial charge in [-0.1, -0.05) is 26.2 Å². The molecule has 0 radical (unpaired) electrons. The molecule has 0 bridgehead atoms. The number of nitrogens with one attached hydrogen (secondary N) is 2. The normalized spacial score (nSPS) is 23.4. The summed E-state index contributed by atoms with van der Waals surface area (Å²) >= 11 is 1.85. The highest BCUT2D eigenvalue weighted by Crippen LogP contribution is 2.28. The molecule has 1 aliphatic heterocycles. The first-order chi connectivity index (χ1) is 9.79. The van der Waals surface area contributed by atoms with E-state index in [0.29, 0.717) is 17.0 Å². The Hall–Kier alpha value is -0.220. The van der Waals surface area contributed by atoms with Crippen molar-refractivity contribution in [2.75, 3.05) is 18.8 Å². The highest BCUT2D eigenvalue weighted by atomic mass is 32.2.